The Balaban J connectivity index is 1.16. The predicted octanol–water partition coefficient (Wildman–Crippen LogP) is 6.53. The van der Waals surface area contributed by atoms with Gasteiger partial charge in [-0.2, -0.15) is 0 Å². The van der Waals surface area contributed by atoms with Gasteiger partial charge in [0, 0.05) is 31.9 Å². The molecule has 1 unspecified atom stereocenters. The summed E-state index contributed by atoms with van der Waals surface area (Å²) in [6.07, 6.45) is 1.97. The summed E-state index contributed by atoms with van der Waals surface area (Å²) in [6, 6.07) is 32.4. The molecule has 1 atom stereocenters. The highest BCUT2D eigenvalue weighted by Crippen LogP contribution is 2.37. The molecule has 2 N–H and O–H groups in total. The molecular weight excluding hydrogens is 466 g/mol. The van der Waals surface area contributed by atoms with Crippen LogP contribution < -0.4 is 10.6 Å². The highest BCUT2D eigenvalue weighted by molar-refractivity contribution is 5.94. The van der Waals surface area contributed by atoms with Crippen molar-refractivity contribution >= 4 is 16.7 Å². The van der Waals surface area contributed by atoms with E-state index < -0.39 is 0 Å². The van der Waals surface area contributed by atoms with Gasteiger partial charge in [0.15, 0.2) is 0 Å². The topological polar surface area (TPSA) is 44.4 Å². The molecule has 0 aliphatic carbocycles. The maximum Gasteiger partial charge on any atom is 0.253 e. The number of nitrogens with zero attached hydrogens (tertiary/aromatic N) is 1. The first kappa shape index (κ1) is 24.8. The van der Waals surface area contributed by atoms with Crippen LogP contribution in [0.25, 0.3) is 21.9 Å². The Bertz CT molecular complexity index is 1430. The van der Waals surface area contributed by atoms with Gasteiger partial charge in [-0.15, -0.1) is 0 Å². The van der Waals surface area contributed by atoms with E-state index in [0.717, 1.165) is 44.7 Å². The minimum absolute atomic E-state index is 0.0711. The fourth-order valence-corrected chi connectivity index (χ4v) is 6.45. The molecule has 0 spiro atoms. The summed E-state index contributed by atoms with van der Waals surface area (Å²) in [5, 5.41) is 9.61. The van der Waals surface area contributed by atoms with Crippen molar-refractivity contribution in [3.63, 3.8) is 0 Å². The summed E-state index contributed by atoms with van der Waals surface area (Å²) in [7, 11) is 0. The van der Waals surface area contributed by atoms with E-state index in [1.165, 1.54) is 33.0 Å². The SMILES string of the molecule is CC(C)C1(c2ccc(C(=O)N3CCC(c4ccccc4-c4ccc5ccccc5c4)CC3)cc2)CNCN1. The molecule has 2 fully saturated rings. The van der Waals surface area contributed by atoms with Crippen molar-refractivity contribution in [3.8, 4) is 11.1 Å². The summed E-state index contributed by atoms with van der Waals surface area (Å²) in [4.78, 5) is 15.4. The molecule has 0 radical (unpaired) electrons. The van der Waals surface area contributed by atoms with Crippen LogP contribution in [0.5, 0.6) is 0 Å². The van der Waals surface area contributed by atoms with Crippen molar-refractivity contribution in [1.82, 2.24) is 15.5 Å². The number of likely N-dealkylation sites (tertiary alicyclic amines) is 1. The Morgan fingerprint density at radius 2 is 1.58 bits per heavy atom. The van der Waals surface area contributed by atoms with Gasteiger partial charge in [-0.25, -0.2) is 0 Å². The van der Waals surface area contributed by atoms with E-state index in [2.05, 4.69) is 103 Å². The maximum absolute atomic E-state index is 13.4. The lowest BCUT2D eigenvalue weighted by molar-refractivity contribution is 0.0713. The largest absolute Gasteiger partial charge is 0.339 e. The maximum atomic E-state index is 13.4. The number of rotatable bonds is 5. The average molecular weight is 504 g/mol. The van der Waals surface area contributed by atoms with Gasteiger partial charge in [-0.3, -0.25) is 10.1 Å². The number of amides is 1. The number of benzene rings is 4. The van der Waals surface area contributed by atoms with Crippen molar-refractivity contribution in [2.45, 2.75) is 38.1 Å². The molecule has 4 aromatic rings. The van der Waals surface area contributed by atoms with Crippen LogP contribution in [-0.2, 0) is 5.54 Å². The second-order valence-corrected chi connectivity index (χ2v) is 11.2. The molecule has 0 bridgehead atoms. The first-order valence-electron chi connectivity index (χ1n) is 14.0. The molecule has 2 saturated heterocycles. The molecule has 4 aromatic carbocycles. The van der Waals surface area contributed by atoms with Crippen molar-refractivity contribution in [2.75, 3.05) is 26.3 Å². The molecular formula is C34H37N3O. The van der Waals surface area contributed by atoms with Gasteiger partial charge in [0.05, 0.1) is 5.54 Å². The summed E-state index contributed by atoms with van der Waals surface area (Å²) in [5.74, 6) is 1.06. The average Bonchev–Trinajstić information content (AvgIpc) is 3.49. The first-order valence-corrected chi connectivity index (χ1v) is 14.0. The number of carbonyl (C=O) groups is 1. The molecule has 4 nitrogen and oxygen atoms in total. The fraction of sp³-hybridized carbons (Fsp3) is 0.324. The monoisotopic (exact) mass is 503 g/mol. The van der Waals surface area contributed by atoms with E-state index >= 15 is 0 Å². The summed E-state index contributed by atoms with van der Waals surface area (Å²) < 4.78 is 0. The van der Waals surface area contributed by atoms with Gasteiger partial charge in [0.2, 0.25) is 0 Å². The summed E-state index contributed by atoms with van der Waals surface area (Å²) in [6.45, 7) is 7.81. The Morgan fingerprint density at radius 1 is 0.868 bits per heavy atom. The summed E-state index contributed by atoms with van der Waals surface area (Å²) >= 11 is 0. The Kier molecular flexibility index (Phi) is 6.77. The van der Waals surface area contributed by atoms with E-state index in [1.54, 1.807) is 0 Å². The third kappa shape index (κ3) is 4.53. The zero-order chi connectivity index (χ0) is 26.1. The molecule has 4 heteroatoms. The van der Waals surface area contributed by atoms with Crippen LogP contribution in [0.4, 0.5) is 0 Å². The lowest BCUT2D eigenvalue weighted by atomic mass is 9.80. The van der Waals surface area contributed by atoms with Gasteiger partial charge in [-0.1, -0.05) is 86.6 Å². The molecule has 0 saturated carbocycles. The van der Waals surface area contributed by atoms with Crippen LogP contribution in [0.15, 0.2) is 91.0 Å². The zero-order valence-corrected chi connectivity index (χ0v) is 22.4. The normalized spacial score (nSPS) is 20.3. The number of carbonyl (C=O) groups excluding carboxylic acids is 1. The van der Waals surface area contributed by atoms with Gasteiger partial charge >= 0.3 is 0 Å². The van der Waals surface area contributed by atoms with E-state index in [-0.39, 0.29) is 11.4 Å². The number of hydrogen-bond acceptors (Lipinski definition) is 3. The molecule has 2 aliphatic heterocycles. The van der Waals surface area contributed by atoms with E-state index in [0.29, 0.717) is 11.8 Å². The molecule has 38 heavy (non-hydrogen) atoms. The number of nitrogens with one attached hydrogen (secondary N) is 2. The van der Waals surface area contributed by atoms with Crippen LogP contribution >= 0.6 is 0 Å². The van der Waals surface area contributed by atoms with E-state index in [4.69, 9.17) is 0 Å². The standard InChI is InChI=1S/C34H37N3O/c1-24(2)34(22-35-23-36-34)30-15-13-27(14-16-30)33(38)37-19-17-26(18-20-37)31-9-5-6-10-32(31)29-12-11-25-7-3-4-8-28(25)21-29/h3-16,21,24,26,35-36H,17-20,22-23H2,1-2H3. The number of fused-ring (bicyclic) bond motifs is 1. The number of hydrogen-bond donors (Lipinski definition) is 2. The van der Waals surface area contributed by atoms with E-state index in [1.807, 2.05) is 17.0 Å². The van der Waals surface area contributed by atoms with Gasteiger partial charge in [-0.05, 0) is 75.9 Å². The van der Waals surface area contributed by atoms with Crippen LogP contribution in [0.3, 0.4) is 0 Å². The first-order chi connectivity index (χ1) is 18.5. The van der Waals surface area contributed by atoms with E-state index in [9.17, 15) is 4.79 Å². The van der Waals surface area contributed by atoms with Crippen molar-refractivity contribution in [2.24, 2.45) is 5.92 Å². The molecule has 2 heterocycles. The second kappa shape index (κ2) is 10.4. The molecule has 1 amide bonds. The summed E-state index contributed by atoms with van der Waals surface area (Å²) in [5.41, 5.74) is 5.94. The lowest BCUT2D eigenvalue weighted by Gasteiger charge is -2.34. The number of piperidine rings is 1. The Labute approximate surface area is 226 Å². The Morgan fingerprint density at radius 3 is 2.29 bits per heavy atom. The molecule has 0 aromatic heterocycles. The van der Waals surface area contributed by atoms with Crippen LogP contribution in [0.2, 0.25) is 0 Å². The zero-order valence-electron chi connectivity index (χ0n) is 22.4. The second-order valence-electron chi connectivity index (χ2n) is 11.2. The van der Waals surface area contributed by atoms with Gasteiger partial charge in [0.1, 0.15) is 0 Å². The van der Waals surface area contributed by atoms with Crippen molar-refractivity contribution < 1.29 is 4.79 Å². The molecule has 2 aliphatic rings. The minimum Gasteiger partial charge on any atom is -0.339 e. The van der Waals surface area contributed by atoms with Crippen LogP contribution in [0.1, 0.15) is 54.1 Å². The highest BCUT2D eigenvalue weighted by Gasteiger charge is 2.38. The molecule has 194 valence electrons. The van der Waals surface area contributed by atoms with Crippen molar-refractivity contribution in [1.29, 1.82) is 0 Å². The van der Waals surface area contributed by atoms with Crippen LogP contribution in [-0.4, -0.2) is 37.1 Å². The smallest absolute Gasteiger partial charge is 0.253 e. The van der Waals surface area contributed by atoms with Crippen molar-refractivity contribution in [3.05, 3.63) is 108 Å². The minimum atomic E-state index is -0.0711. The lowest BCUT2D eigenvalue weighted by Crippen LogP contribution is -2.44. The third-order valence-corrected chi connectivity index (χ3v) is 8.81. The quantitative estimate of drug-likeness (QED) is 0.326. The predicted molar refractivity (Wildman–Crippen MR) is 156 cm³/mol. The van der Waals surface area contributed by atoms with Gasteiger partial charge in [0.25, 0.3) is 5.91 Å². The van der Waals surface area contributed by atoms with Gasteiger partial charge < -0.3 is 10.2 Å². The highest BCUT2D eigenvalue weighted by atomic mass is 16.2. The fourth-order valence-electron chi connectivity index (χ4n) is 6.45. The Hall–Kier alpha value is -3.47. The third-order valence-electron chi connectivity index (χ3n) is 8.81. The molecule has 6 rings (SSSR count). The van der Waals surface area contributed by atoms with Crippen LogP contribution in [0, 0.1) is 5.92 Å².